The van der Waals surface area contributed by atoms with Crippen molar-refractivity contribution in [2.45, 2.75) is 57.5 Å². The predicted molar refractivity (Wildman–Crippen MR) is 118 cm³/mol. The molecule has 32 heavy (non-hydrogen) atoms. The van der Waals surface area contributed by atoms with Crippen molar-refractivity contribution in [2.24, 2.45) is 0 Å². The van der Waals surface area contributed by atoms with Crippen LogP contribution in [-0.4, -0.2) is 43.8 Å². The second-order valence-corrected chi connectivity index (χ2v) is 7.66. The number of alkyl carbamates (subject to hydrolysis) is 2. The molecule has 0 aromatic heterocycles. The fourth-order valence-corrected chi connectivity index (χ4v) is 3.50. The molecule has 1 fully saturated rings. The number of nitrogens with one attached hydrogen (secondary N) is 2. The van der Waals surface area contributed by atoms with Crippen molar-refractivity contribution >= 4 is 12.2 Å². The monoisotopic (exact) mass is 442 g/mol. The molecule has 4 atom stereocenters. The second-order valence-electron chi connectivity index (χ2n) is 7.66. The van der Waals surface area contributed by atoms with Crippen molar-refractivity contribution in [3.63, 3.8) is 0 Å². The Labute approximate surface area is 188 Å². The zero-order valence-corrected chi connectivity index (χ0v) is 18.4. The van der Waals surface area contributed by atoms with Crippen LogP contribution < -0.4 is 10.6 Å². The molecule has 1 aliphatic rings. The molecule has 8 nitrogen and oxygen atoms in total. The van der Waals surface area contributed by atoms with E-state index in [4.69, 9.17) is 18.9 Å². The molecule has 0 radical (unpaired) electrons. The van der Waals surface area contributed by atoms with E-state index in [9.17, 15) is 9.59 Å². The Hall–Kier alpha value is -3.10. The van der Waals surface area contributed by atoms with Gasteiger partial charge in [-0.25, -0.2) is 9.59 Å². The normalized spacial score (nSPS) is 21.2. The summed E-state index contributed by atoms with van der Waals surface area (Å²) in [6.07, 6.45) is -0.717. The van der Waals surface area contributed by atoms with Gasteiger partial charge in [0, 0.05) is 7.11 Å². The molecule has 0 bridgehead atoms. The van der Waals surface area contributed by atoms with Crippen LogP contribution in [0.15, 0.2) is 60.7 Å². The second kappa shape index (κ2) is 12.1. The van der Waals surface area contributed by atoms with Gasteiger partial charge in [-0.15, -0.1) is 0 Å². The summed E-state index contributed by atoms with van der Waals surface area (Å²) in [6, 6.07) is 18.3. The Morgan fingerprint density at radius 3 is 2.06 bits per heavy atom. The van der Waals surface area contributed by atoms with Crippen molar-refractivity contribution in [1.82, 2.24) is 10.6 Å². The predicted octanol–water partition coefficient (Wildman–Crippen LogP) is 3.75. The summed E-state index contributed by atoms with van der Waals surface area (Å²) < 4.78 is 21.9. The number of benzene rings is 2. The van der Waals surface area contributed by atoms with Crippen LogP contribution in [0.2, 0.25) is 0 Å². The Kier molecular flexibility index (Phi) is 8.89. The molecule has 0 unspecified atom stereocenters. The third kappa shape index (κ3) is 7.25. The Morgan fingerprint density at radius 1 is 0.938 bits per heavy atom. The maximum Gasteiger partial charge on any atom is 0.407 e. The molecule has 8 heteroatoms. The Balaban J connectivity index is 1.41. The van der Waals surface area contributed by atoms with Gasteiger partial charge in [0.05, 0.1) is 18.2 Å². The number of hydrogen-bond acceptors (Lipinski definition) is 6. The topological polar surface area (TPSA) is 95.1 Å². The third-order valence-electron chi connectivity index (χ3n) is 5.26. The number of carbonyl (C=O) groups is 2. The average molecular weight is 443 g/mol. The van der Waals surface area contributed by atoms with Gasteiger partial charge in [-0.2, -0.15) is 0 Å². The number of rotatable bonds is 8. The summed E-state index contributed by atoms with van der Waals surface area (Å²) in [5.74, 6) is 0. The number of hydrogen-bond donors (Lipinski definition) is 2. The molecule has 172 valence electrons. The van der Waals surface area contributed by atoms with Crippen LogP contribution >= 0.6 is 0 Å². The van der Waals surface area contributed by atoms with Crippen molar-refractivity contribution < 1.29 is 28.5 Å². The van der Waals surface area contributed by atoms with Crippen molar-refractivity contribution in [3.8, 4) is 0 Å². The summed E-state index contributed by atoms with van der Waals surface area (Å²) in [4.78, 5) is 24.3. The van der Waals surface area contributed by atoms with Gasteiger partial charge >= 0.3 is 12.2 Å². The lowest BCUT2D eigenvalue weighted by atomic mass is 9.99. The van der Waals surface area contributed by atoms with Crippen LogP contribution in [0.3, 0.4) is 0 Å². The molecule has 0 aliphatic carbocycles. The molecule has 2 amide bonds. The molecular weight excluding hydrogens is 412 g/mol. The lowest BCUT2D eigenvalue weighted by molar-refractivity contribution is -0.198. The summed E-state index contributed by atoms with van der Waals surface area (Å²) in [6.45, 7) is 2.23. The van der Waals surface area contributed by atoms with Gasteiger partial charge in [-0.1, -0.05) is 60.7 Å². The van der Waals surface area contributed by atoms with E-state index in [2.05, 4.69) is 10.6 Å². The summed E-state index contributed by atoms with van der Waals surface area (Å²) in [5.41, 5.74) is 1.82. The lowest BCUT2D eigenvalue weighted by Gasteiger charge is -2.38. The van der Waals surface area contributed by atoms with E-state index in [0.29, 0.717) is 12.8 Å². The molecule has 2 aromatic carbocycles. The van der Waals surface area contributed by atoms with Gasteiger partial charge in [0.1, 0.15) is 13.2 Å². The smallest absolute Gasteiger partial charge is 0.407 e. The van der Waals surface area contributed by atoms with Gasteiger partial charge in [0.25, 0.3) is 0 Å². The largest absolute Gasteiger partial charge is 0.445 e. The van der Waals surface area contributed by atoms with E-state index in [1.165, 1.54) is 7.11 Å². The molecule has 0 saturated carbocycles. The quantitative estimate of drug-likeness (QED) is 0.647. The fraction of sp³-hybridized carbons (Fsp3) is 0.417. The molecule has 1 saturated heterocycles. The van der Waals surface area contributed by atoms with E-state index in [1.807, 2.05) is 67.6 Å². The molecule has 1 heterocycles. The minimum absolute atomic E-state index is 0.187. The van der Waals surface area contributed by atoms with Crippen LogP contribution in [0, 0.1) is 0 Å². The minimum Gasteiger partial charge on any atom is -0.445 e. The lowest BCUT2D eigenvalue weighted by Crippen LogP contribution is -2.54. The molecule has 2 N–H and O–H groups in total. The number of amides is 2. The van der Waals surface area contributed by atoms with Gasteiger partial charge in [-0.3, -0.25) is 0 Å². The maximum absolute atomic E-state index is 12.2. The van der Waals surface area contributed by atoms with Crippen LogP contribution in [0.5, 0.6) is 0 Å². The Morgan fingerprint density at radius 2 is 1.50 bits per heavy atom. The maximum atomic E-state index is 12.2. The van der Waals surface area contributed by atoms with Gasteiger partial charge in [-0.05, 0) is 30.9 Å². The van der Waals surface area contributed by atoms with Crippen LogP contribution in [0.25, 0.3) is 0 Å². The summed E-state index contributed by atoms with van der Waals surface area (Å²) in [5, 5.41) is 5.61. The molecular formula is C24H30N2O6. The summed E-state index contributed by atoms with van der Waals surface area (Å²) in [7, 11) is 1.52. The number of methoxy groups -OCH3 is 1. The third-order valence-corrected chi connectivity index (χ3v) is 5.26. The molecule has 0 spiro atoms. The van der Waals surface area contributed by atoms with Crippen molar-refractivity contribution in [2.75, 3.05) is 7.11 Å². The van der Waals surface area contributed by atoms with E-state index in [-0.39, 0.29) is 31.4 Å². The molecule has 3 rings (SSSR count). The standard InChI is InChI=1S/C24H30N2O6/c1-17(25-23(27)30-15-18-9-5-3-6-10-18)21-14-13-20(22(29-2)32-21)26-24(28)31-16-19-11-7-4-8-12-19/h3-12,17,20-22H,13-16H2,1-2H3,(H,25,27)(H,26,28)/t17-,20+,21-,22-/m0/s1. The van der Waals surface area contributed by atoms with E-state index in [1.54, 1.807) is 0 Å². The Bertz CT molecular complexity index is 848. The molecule has 2 aromatic rings. The SMILES string of the molecule is CO[C@H]1O[C@H]([C@H](C)NC(=O)OCc2ccccc2)CC[C@H]1NC(=O)OCc1ccccc1. The van der Waals surface area contributed by atoms with E-state index >= 15 is 0 Å². The number of ether oxygens (including phenoxy) is 4. The molecule has 1 aliphatic heterocycles. The van der Waals surface area contributed by atoms with Crippen LogP contribution in [0.4, 0.5) is 9.59 Å². The van der Waals surface area contributed by atoms with E-state index < -0.39 is 18.5 Å². The highest BCUT2D eigenvalue weighted by Crippen LogP contribution is 2.23. The summed E-state index contributed by atoms with van der Waals surface area (Å²) >= 11 is 0. The zero-order chi connectivity index (χ0) is 22.8. The van der Waals surface area contributed by atoms with Crippen LogP contribution in [-0.2, 0) is 32.2 Å². The first-order valence-electron chi connectivity index (χ1n) is 10.7. The van der Waals surface area contributed by atoms with Crippen LogP contribution in [0.1, 0.15) is 30.9 Å². The first-order chi connectivity index (χ1) is 15.5. The zero-order valence-electron chi connectivity index (χ0n) is 18.4. The highest BCUT2D eigenvalue weighted by molar-refractivity contribution is 5.68. The van der Waals surface area contributed by atoms with Crippen molar-refractivity contribution in [1.29, 1.82) is 0 Å². The highest BCUT2D eigenvalue weighted by atomic mass is 16.7. The highest BCUT2D eigenvalue weighted by Gasteiger charge is 2.35. The van der Waals surface area contributed by atoms with Gasteiger partial charge < -0.3 is 29.6 Å². The van der Waals surface area contributed by atoms with Gasteiger partial charge in [0.15, 0.2) is 6.29 Å². The van der Waals surface area contributed by atoms with Gasteiger partial charge in [0.2, 0.25) is 0 Å². The number of carbonyl (C=O) groups excluding carboxylic acids is 2. The minimum atomic E-state index is -0.650. The van der Waals surface area contributed by atoms with Crippen molar-refractivity contribution in [3.05, 3.63) is 71.8 Å². The first-order valence-corrected chi connectivity index (χ1v) is 10.7. The average Bonchev–Trinajstić information content (AvgIpc) is 2.83. The first kappa shape index (κ1) is 23.6. The van der Waals surface area contributed by atoms with E-state index in [0.717, 1.165) is 11.1 Å². The fourth-order valence-electron chi connectivity index (χ4n) is 3.50.